The zero-order valence-corrected chi connectivity index (χ0v) is 11.9. The summed E-state index contributed by atoms with van der Waals surface area (Å²) in [6, 6.07) is 2.36. The summed E-state index contributed by atoms with van der Waals surface area (Å²) in [5, 5.41) is 5.44. The van der Waals surface area contributed by atoms with Crippen molar-refractivity contribution in [3.8, 4) is 0 Å². The van der Waals surface area contributed by atoms with Gasteiger partial charge >= 0.3 is 5.97 Å². The minimum absolute atomic E-state index is 0.147. The predicted octanol–water partition coefficient (Wildman–Crippen LogP) is 3.11. The van der Waals surface area contributed by atoms with E-state index >= 15 is 0 Å². The first-order valence-electron chi connectivity index (χ1n) is 5.18. The molecule has 0 aromatic carbocycles. The molecular weight excluding hydrogens is 290 g/mol. The third kappa shape index (κ3) is 4.23. The minimum Gasteiger partial charge on any atom is -0.469 e. The fraction of sp³-hybridized carbons (Fsp3) is 0.545. The third-order valence-corrected chi connectivity index (χ3v) is 4.33. The Morgan fingerprint density at radius 1 is 1.69 bits per heavy atom. The highest BCUT2D eigenvalue weighted by Gasteiger charge is 2.09. The highest BCUT2D eigenvalue weighted by molar-refractivity contribution is 9.10. The molecule has 1 rings (SSSR count). The molecule has 0 saturated carbocycles. The van der Waals surface area contributed by atoms with E-state index in [4.69, 9.17) is 0 Å². The second kappa shape index (κ2) is 7.04. The Balaban J connectivity index is 2.23. The summed E-state index contributed by atoms with van der Waals surface area (Å²) in [6.45, 7) is 2.94. The third-order valence-electron chi connectivity index (χ3n) is 2.27. The molecule has 1 aromatic rings. The number of ether oxygens (including phenoxy) is 1. The second-order valence-electron chi connectivity index (χ2n) is 3.49. The highest BCUT2D eigenvalue weighted by Crippen LogP contribution is 2.28. The molecule has 0 spiro atoms. The number of hydrogen-bond donors (Lipinski definition) is 1. The van der Waals surface area contributed by atoms with Crippen LogP contribution in [0.25, 0.3) is 0 Å². The number of nitrogens with one attached hydrogen (secondary N) is 1. The molecule has 1 unspecified atom stereocenters. The number of carbonyl (C=O) groups excluding carboxylic acids is 1. The quantitative estimate of drug-likeness (QED) is 0.648. The smallest absolute Gasteiger partial charge is 0.305 e. The average molecular weight is 306 g/mol. The van der Waals surface area contributed by atoms with E-state index in [1.165, 1.54) is 12.0 Å². The minimum atomic E-state index is -0.147. The summed E-state index contributed by atoms with van der Waals surface area (Å²) in [4.78, 5) is 12.2. The molecule has 0 aliphatic carbocycles. The van der Waals surface area contributed by atoms with Crippen LogP contribution in [0.3, 0.4) is 0 Å². The van der Waals surface area contributed by atoms with Crippen molar-refractivity contribution >= 4 is 33.2 Å². The van der Waals surface area contributed by atoms with E-state index in [0.717, 1.165) is 17.4 Å². The maximum atomic E-state index is 10.9. The lowest BCUT2D eigenvalue weighted by Crippen LogP contribution is -2.20. The molecule has 1 atom stereocenters. The number of carbonyl (C=O) groups is 1. The first kappa shape index (κ1) is 13.7. The summed E-state index contributed by atoms with van der Waals surface area (Å²) in [6.07, 6.45) is 1.28. The van der Waals surface area contributed by atoms with Crippen LogP contribution in [0.5, 0.6) is 0 Å². The van der Waals surface area contributed by atoms with Crippen molar-refractivity contribution in [3.63, 3.8) is 0 Å². The van der Waals surface area contributed by atoms with Crippen LogP contribution < -0.4 is 5.32 Å². The van der Waals surface area contributed by atoms with Crippen LogP contribution in [0.2, 0.25) is 0 Å². The van der Waals surface area contributed by atoms with Crippen LogP contribution in [-0.2, 0) is 9.53 Å². The van der Waals surface area contributed by atoms with Crippen LogP contribution in [0.4, 0.5) is 0 Å². The van der Waals surface area contributed by atoms with Crippen molar-refractivity contribution in [2.24, 2.45) is 0 Å². The van der Waals surface area contributed by atoms with Gasteiger partial charge in [-0.1, -0.05) is 0 Å². The Morgan fingerprint density at radius 3 is 3.00 bits per heavy atom. The van der Waals surface area contributed by atoms with Gasteiger partial charge in [0, 0.05) is 21.8 Å². The van der Waals surface area contributed by atoms with Gasteiger partial charge in [0.15, 0.2) is 0 Å². The molecule has 0 saturated heterocycles. The van der Waals surface area contributed by atoms with E-state index in [0.29, 0.717) is 12.5 Å². The maximum Gasteiger partial charge on any atom is 0.305 e. The molecule has 1 N–H and O–H groups in total. The fourth-order valence-electron chi connectivity index (χ4n) is 1.36. The molecule has 0 fully saturated rings. The van der Waals surface area contributed by atoms with Crippen molar-refractivity contribution in [2.75, 3.05) is 13.7 Å². The SMILES string of the molecule is COC(=O)CCCNC(C)c1sccc1Br. The Hall–Kier alpha value is -0.390. The van der Waals surface area contributed by atoms with E-state index in [1.807, 2.05) is 6.07 Å². The Morgan fingerprint density at radius 2 is 2.44 bits per heavy atom. The molecule has 0 amide bonds. The topological polar surface area (TPSA) is 38.3 Å². The summed E-state index contributed by atoms with van der Waals surface area (Å²) in [5.41, 5.74) is 0. The number of esters is 1. The van der Waals surface area contributed by atoms with Crippen LogP contribution >= 0.6 is 27.3 Å². The largest absolute Gasteiger partial charge is 0.469 e. The van der Waals surface area contributed by atoms with Crippen molar-refractivity contribution in [1.29, 1.82) is 0 Å². The molecule has 0 aliphatic rings. The molecule has 90 valence electrons. The zero-order valence-electron chi connectivity index (χ0n) is 9.46. The van der Waals surface area contributed by atoms with E-state index in [-0.39, 0.29) is 5.97 Å². The van der Waals surface area contributed by atoms with E-state index in [1.54, 1.807) is 11.3 Å². The lowest BCUT2D eigenvalue weighted by Gasteiger charge is -2.12. The Labute approximate surface area is 108 Å². The van der Waals surface area contributed by atoms with Crippen molar-refractivity contribution in [3.05, 3.63) is 20.8 Å². The number of methoxy groups -OCH3 is 1. The van der Waals surface area contributed by atoms with Gasteiger partial charge in [-0.15, -0.1) is 11.3 Å². The predicted molar refractivity (Wildman–Crippen MR) is 69.7 cm³/mol. The van der Waals surface area contributed by atoms with Gasteiger partial charge in [-0.3, -0.25) is 4.79 Å². The van der Waals surface area contributed by atoms with Crippen LogP contribution in [-0.4, -0.2) is 19.6 Å². The lowest BCUT2D eigenvalue weighted by molar-refractivity contribution is -0.140. The van der Waals surface area contributed by atoms with Gasteiger partial charge in [-0.25, -0.2) is 0 Å². The van der Waals surface area contributed by atoms with Crippen molar-refractivity contribution in [1.82, 2.24) is 5.32 Å². The lowest BCUT2D eigenvalue weighted by atomic mass is 10.2. The second-order valence-corrected chi connectivity index (χ2v) is 5.29. The van der Waals surface area contributed by atoms with Crippen LogP contribution in [0.15, 0.2) is 15.9 Å². The highest BCUT2D eigenvalue weighted by atomic mass is 79.9. The van der Waals surface area contributed by atoms with Crippen LogP contribution in [0, 0.1) is 0 Å². The van der Waals surface area contributed by atoms with E-state index < -0.39 is 0 Å². The molecule has 0 bridgehead atoms. The van der Waals surface area contributed by atoms with Gasteiger partial charge in [-0.2, -0.15) is 0 Å². The van der Waals surface area contributed by atoms with Gasteiger partial charge in [0.2, 0.25) is 0 Å². The maximum absolute atomic E-state index is 10.9. The molecule has 0 radical (unpaired) electrons. The molecule has 1 aromatic heterocycles. The van der Waals surface area contributed by atoms with Gasteiger partial charge in [0.1, 0.15) is 0 Å². The molecule has 0 aliphatic heterocycles. The molecular formula is C11H16BrNO2S. The summed E-state index contributed by atoms with van der Waals surface area (Å²) >= 11 is 5.23. The van der Waals surface area contributed by atoms with Gasteiger partial charge in [0.25, 0.3) is 0 Å². The van der Waals surface area contributed by atoms with Crippen molar-refractivity contribution in [2.45, 2.75) is 25.8 Å². The molecule has 16 heavy (non-hydrogen) atoms. The Kier molecular flexibility index (Phi) is 6.01. The number of halogens is 1. The first-order valence-corrected chi connectivity index (χ1v) is 6.85. The average Bonchev–Trinajstić information content (AvgIpc) is 2.70. The monoisotopic (exact) mass is 305 g/mol. The number of hydrogen-bond acceptors (Lipinski definition) is 4. The summed E-state index contributed by atoms with van der Waals surface area (Å²) < 4.78 is 5.72. The summed E-state index contributed by atoms with van der Waals surface area (Å²) in [7, 11) is 1.42. The standard InChI is InChI=1S/C11H16BrNO2S/c1-8(11-9(12)5-7-16-11)13-6-3-4-10(14)15-2/h5,7-8,13H,3-4,6H2,1-2H3. The molecule has 3 nitrogen and oxygen atoms in total. The Bertz CT molecular complexity index is 340. The molecule has 5 heteroatoms. The van der Waals surface area contributed by atoms with Crippen molar-refractivity contribution < 1.29 is 9.53 Å². The normalized spacial score (nSPS) is 12.4. The fourth-order valence-corrected chi connectivity index (χ4v) is 3.11. The molecule has 1 heterocycles. The number of thiophene rings is 1. The number of rotatable bonds is 6. The zero-order chi connectivity index (χ0) is 12.0. The first-order chi connectivity index (χ1) is 7.65. The van der Waals surface area contributed by atoms with Gasteiger partial charge in [-0.05, 0) is 47.3 Å². The van der Waals surface area contributed by atoms with E-state index in [9.17, 15) is 4.79 Å². The van der Waals surface area contributed by atoms with Gasteiger partial charge < -0.3 is 10.1 Å². The van der Waals surface area contributed by atoms with E-state index in [2.05, 4.69) is 38.3 Å². The summed E-state index contributed by atoms with van der Waals surface area (Å²) in [5.74, 6) is -0.147. The van der Waals surface area contributed by atoms with Crippen LogP contribution in [0.1, 0.15) is 30.7 Å². The van der Waals surface area contributed by atoms with Gasteiger partial charge in [0.05, 0.1) is 7.11 Å².